The van der Waals surface area contributed by atoms with Crippen LogP contribution in [0.4, 0.5) is 51.3 Å². The fourth-order valence-corrected chi connectivity index (χ4v) is 6.58. The van der Waals surface area contributed by atoms with Crippen LogP contribution in [-0.2, 0) is 48.5 Å². The molecule has 0 spiro atoms. The predicted molar refractivity (Wildman–Crippen MR) is 144 cm³/mol. The van der Waals surface area contributed by atoms with Crippen LogP contribution in [0, 0.1) is 5.92 Å². The monoisotopic (exact) mass is 673 g/mol. The Morgan fingerprint density at radius 1 is 0.844 bits per heavy atom. The molecule has 9 nitrogen and oxygen atoms in total. The topological polar surface area (TPSA) is 97.1 Å². The third kappa shape index (κ3) is 8.76. The largest absolute Gasteiger partial charge is 0.417 e. The summed E-state index contributed by atoms with van der Waals surface area (Å²) < 4.78 is 146. The standard InChI is InChI=1S/C26H28F9N7O2S/c1-3-41(13-16-4-6-45(43,44)7-5-16)22-18(10-21(12-36-22)26(33,34)35)15-42(23-37-39-40(2)38-23)14-17-8-19(24(27,28)29)11-20(9-17)25(30,31)32/h8-12,16H,3-7,13-15H2,1-2H3. The number of aromatic nitrogens is 5. The summed E-state index contributed by atoms with van der Waals surface area (Å²) in [4.78, 5) is 7.79. The van der Waals surface area contributed by atoms with Gasteiger partial charge in [0.15, 0.2) is 0 Å². The van der Waals surface area contributed by atoms with Crippen LogP contribution in [0.15, 0.2) is 30.5 Å². The molecule has 3 aromatic rings. The molecule has 3 heterocycles. The van der Waals surface area contributed by atoms with E-state index >= 15 is 0 Å². The number of benzene rings is 1. The van der Waals surface area contributed by atoms with Gasteiger partial charge in [-0.2, -0.15) is 44.3 Å². The summed E-state index contributed by atoms with van der Waals surface area (Å²) in [6.45, 7) is 1.04. The van der Waals surface area contributed by atoms with Crippen molar-refractivity contribution in [2.75, 3.05) is 34.4 Å². The van der Waals surface area contributed by atoms with Crippen LogP contribution >= 0.6 is 0 Å². The number of pyridine rings is 1. The number of hydrogen-bond acceptors (Lipinski definition) is 8. The van der Waals surface area contributed by atoms with Gasteiger partial charge < -0.3 is 9.80 Å². The first-order chi connectivity index (χ1) is 20.7. The second-order valence-corrected chi connectivity index (χ2v) is 13.0. The van der Waals surface area contributed by atoms with Gasteiger partial charge >= 0.3 is 18.5 Å². The van der Waals surface area contributed by atoms with Crippen molar-refractivity contribution in [2.24, 2.45) is 13.0 Å². The maximum Gasteiger partial charge on any atom is 0.417 e. The van der Waals surface area contributed by atoms with Crippen LogP contribution in [-0.4, -0.2) is 58.2 Å². The Balaban J connectivity index is 1.77. The molecule has 2 aromatic heterocycles. The summed E-state index contributed by atoms with van der Waals surface area (Å²) in [5.41, 5.74) is -4.78. The molecule has 45 heavy (non-hydrogen) atoms. The fraction of sp³-hybridized carbons (Fsp3) is 0.538. The normalized spacial score (nSPS) is 16.2. The maximum atomic E-state index is 13.8. The molecule has 0 amide bonds. The molecule has 0 atom stereocenters. The molecule has 0 aliphatic carbocycles. The van der Waals surface area contributed by atoms with Crippen LogP contribution in [0.5, 0.6) is 0 Å². The van der Waals surface area contributed by atoms with Gasteiger partial charge in [0, 0.05) is 37.9 Å². The average molecular weight is 674 g/mol. The summed E-state index contributed by atoms with van der Waals surface area (Å²) in [7, 11) is -1.83. The highest BCUT2D eigenvalue weighted by molar-refractivity contribution is 7.91. The molecule has 0 radical (unpaired) electrons. The Morgan fingerprint density at radius 3 is 1.91 bits per heavy atom. The van der Waals surface area contributed by atoms with Crippen LogP contribution < -0.4 is 9.80 Å². The van der Waals surface area contributed by atoms with E-state index in [0.29, 0.717) is 31.2 Å². The first kappa shape index (κ1) is 34.2. The average Bonchev–Trinajstić information content (AvgIpc) is 3.37. The number of anilines is 2. The highest BCUT2D eigenvalue weighted by atomic mass is 32.2. The number of alkyl halides is 9. The highest BCUT2D eigenvalue weighted by Crippen LogP contribution is 2.38. The Bertz CT molecular complexity index is 1560. The maximum absolute atomic E-state index is 13.8. The molecule has 1 aliphatic rings. The van der Waals surface area contributed by atoms with E-state index in [1.807, 2.05) is 0 Å². The SMILES string of the molecule is CCN(CC1CCS(=O)(=O)CC1)c1ncc(C(F)(F)F)cc1CN(Cc1cc(C(F)(F)F)cc(C(F)(F)F)c1)c1nnn(C)n1. The van der Waals surface area contributed by atoms with E-state index in [0.717, 1.165) is 15.8 Å². The van der Waals surface area contributed by atoms with E-state index in [2.05, 4.69) is 20.4 Å². The molecule has 1 aliphatic heterocycles. The Hall–Kier alpha value is -3.64. The number of hydrogen-bond donors (Lipinski definition) is 0. The van der Waals surface area contributed by atoms with Gasteiger partial charge in [-0.1, -0.05) is 5.10 Å². The lowest BCUT2D eigenvalue weighted by Crippen LogP contribution is -2.36. The summed E-state index contributed by atoms with van der Waals surface area (Å²) in [6, 6.07) is 1.80. The lowest BCUT2D eigenvalue weighted by Gasteiger charge is -2.32. The van der Waals surface area contributed by atoms with Crippen molar-refractivity contribution in [1.29, 1.82) is 0 Å². The molecular weight excluding hydrogens is 645 g/mol. The first-order valence-corrected chi connectivity index (χ1v) is 15.4. The highest BCUT2D eigenvalue weighted by Gasteiger charge is 2.38. The molecule has 4 rings (SSSR count). The zero-order chi connectivity index (χ0) is 33.4. The second kappa shape index (κ2) is 12.6. The van der Waals surface area contributed by atoms with Crippen molar-refractivity contribution in [3.8, 4) is 0 Å². The Morgan fingerprint density at radius 2 is 1.42 bits per heavy atom. The van der Waals surface area contributed by atoms with Crippen molar-refractivity contribution in [3.05, 3.63) is 58.3 Å². The van der Waals surface area contributed by atoms with Crippen molar-refractivity contribution in [2.45, 2.75) is 51.4 Å². The lowest BCUT2D eigenvalue weighted by atomic mass is 10.0. The van der Waals surface area contributed by atoms with Gasteiger partial charge in [0.25, 0.3) is 5.95 Å². The minimum absolute atomic E-state index is 0.0289. The van der Waals surface area contributed by atoms with Gasteiger partial charge in [0.2, 0.25) is 0 Å². The molecule has 1 fully saturated rings. The zero-order valence-electron chi connectivity index (χ0n) is 23.9. The van der Waals surface area contributed by atoms with Crippen molar-refractivity contribution in [1.82, 2.24) is 25.2 Å². The molecule has 0 bridgehead atoms. The van der Waals surface area contributed by atoms with E-state index in [9.17, 15) is 47.9 Å². The van der Waals surface area contributed by atoms with Gasteiger partial charge in [-0.25, -0.2) is 13.4 Å². The number of aryl methyl sites for hydroxylation is 1. The van der Waals surface area contributed by atoms with Gasteiger partial charge in [-0.05, 0) is 60.7 Å². The molecule has 0 saturated carbocycles. The van der Waals surface area contributed by atoms with Gasteiger partial charge in [-0.3, -0.25) is 0 Å². The molecule has 0 N–H and O–H groups in total. The van der Waals surface area contributed by atoms with Crippen molar-refractivity contribution >= 4 is 21.6 Å². The van der Waals surface area contributed by atoms with Crippen LogP contribution in [0.25, 0.3) is 0 Å². The Kier molecular flexibility index (Phi) is 9.61. The summed E-state index contributed by atoms with van der Waals surface area (Å²) in [5, 5.41) is 11.4. The van der Waals surface area contributed by atoms with E-state index in [4.69, 9.17) is 0 Å². The number of rotatable bonds is 9. The van der Waals surface area contributed by atoms with E-state index in [-0.39, 0.29) is 53.9 Å². The minimum atomic E-state index is -5.12. The summed E-state index contributed by atoms with van der Waals surface area (Å²) in [6.07, 6.45) is -13.8. The van der Waals surface area contributed by atoms with E-state index < -0.39 is 63.7 Å². The summed E-state index contributed by atoms with van der Waals surface area (Å²) >= 11 is 0. The quantitative estimate of drug-likeness (QED) is 0.274. The minimum Gasteiger partial charge on any atom is -0.356 e. The van der Waals surface area contributed by atoms with E-state index in [1.54, 1.807) is 11.8 Å². The van der Waals surface area contributed by atoms with Crippen molar-refractivity contribution in [3.63, 3.8) is 0 Å². The number of sulfone groups is 1. The molecule has 248 valence electrons. The van der Waals surface area contributed by atoms with Crippen LogP contribution in [0.3, 0.4) is 0 Å². The zero-order valence-corrected chi connectivity index (χ0v) is 24.7. The molecule has 19 heteroatoms. The van der Waals surface area contributed by atoms with E-state index in [1.165, 1.54) is 7.05 Å². The first-order valence-electron chi connectivity index (χ1n) is 13.5. The van der Waals surface area contributed by atoms with Crippen LogP contribution in [0.1, 0.15) is 47.6 Å². The number of nitrogens with zero attached hydrogens (tertiary/aromatic N) is 7. The predicted octanol–water partition coefficient (Wildman–Crippen LogP) is 5.52. The second-order valence-electron chi connectivity index (χ2n) is 10.7. The van der Waals surface area contributed by atoms with Gasteiger partial charge in [0.1, 0.15) is 15.7 Å². The third-order valence-corrected chi connectivity index (χ3v) is 8.98. The smallest absolute Gasteiger partial charge is 0.356 e. The Labute approximate surface area is 251 Å². The van der Waals surface area contributed by atoms with Gasteiger partial charge in [0.05, 0.1) is 35.2 Å². The number of tetrazole rings is 1. The molecule has 0 unspecified atom stereocenters. The van der Waals surface area contributed by atoms with Gasteiger partial charge in [-0.15, -0.1) is 5.10 Å². The third-order valence-electron chi connectivity index (χ3n) is 7.27. The molecule has 1 saturated heterocycles. The fourth-order valence-electron chi connectivity index (χ4n) is 4.99. The van der Waals surface area contributed by atoms with Crippen molar-refractivity contribution < 1.29 is 47.9 Å². The van der Waals surface area contributed by atoms with Crippen LogP contribution in [0.2, 0.25) is 0 Å². The molecular formula is C26H28F9N7O2S. The molecule has 1 aromatic carbocycles. The number of halogens is 9. The lowest BCUT2D eigenvalue weighted by molar-refractivity contribution is -0.143. The summed E-state index contributed by atoms with van der Waals surface area (Å²) in [5.74, 6) is -0.383.